The van der Waals surface area contributed by atoms with Gasteiger partial charge in [0.05, 0.1) is 11.5 Å². The van der Waals surface area contributed by atoms with Gasteiger partial charge in [0, 0.05) is 11.5 Å². The Morgan fingerprint density at radius 3 is 0.976 bits per heavy atom. The maximum atomic E-state index is 10.2. The molecule has 0 aromatic carbocycles. The van der Waals surface area contributed by atoms with Crippen molar-refractivity contribution in [3.8, 4) is 0 Å². The van der Waals surface area contributed by atoms with Gasteiger partial charge >= 0.3 is 184 Å². The number of thiol groups is 4. The Labute approximate surface area is 288 Å². The smallest absolute Gasteiger partial charge is 0.464 e. The summed E-state index contributed by atoms with van der Waals surface area (Å²) in [5.74, 6) is 0.852. The fourth-order valence-electron chi connectivity index (χ4n) is 4.01. The standard InChI is InChI=1S/2C12H25.2C4H8O2S2.Sn/c2*1-3-5-7-9-11-12-10-8-6-4-2;2*5-4(3-8)6-1-2-7;/h2*1,3-12H2,2H3;2*7-8H,1-3H2;. The van der Waals surface area contributed by atoms with Crippen molar-refractivity contribution in [1.29, 1.82) is 0 Å². The van der Waals surface area contributed by atoms with E-state index in [1.165, 1.54) is 116 Å². The second-order valence-electron chi connectivity index (χ2n) is 10.3. The molecule has 0 fully saturated rings. The van der Waals surface area contributed by atoms with Crippen LogP contribution in [0.4, 0.5) is 0 Å². The van der Waals surface area contributed by atoms with Gasteiger partial charge < -0.3 is 9.47 Å². The Bertz CT molecular complexity index is 460. The Kier molecular flexibility index (Phi) is 51.7. The first kappa shape index (κ1) is 46.6. The van der Waals surface area contributed by atoms with Crippen LogP contribution in [0.1, 0.15) is 142 Å². The molecule has 0 aromatic heterocycles. The predicted octanol–water partition coefficient (Wildman–Crippen LogP) is 10.1. The molecular weight excluding hydrogens is 695 g/mol. The second kappa shape index (κ2) is 45.6. The molecule has 0 rings (SSSR count). The van der Waals surface area contributed by atoms with Gasteiger partial charge in [-0.2, -0.15) is 50.5 Å². The van der Waals surface area contributed by atoms with E-state index in [4.69, 9.17) is 0 Å². The number of carbonyl (C=O) groups is 2. The number of carbonyl (C=O) groups excluding carboxylic acids is 2. The van der Waals surface area contributed by atoms with Crippen molar-refractivity contribution in [1.82, 2.24) is 0 Å². The molecule has 0 saturated heterocycles. The van der Waals surface area contributed by atoms with Crippen molar-refractivity contribution in [2.24, 2.45) is 0 Å². The van der Waals surface area contributed by atoms with E-state index in [0.717, 1.165) is 0 Å². The first-order valence-electron chi connectivity index (χ1n) is 16.5. The van der Waals surface area contributed by atoms with Crippen molar-refractivity contribution in [3.05, 3.63) is 0 Å². The van der Waals surface area contributed by atoms with Gasteiger partial charge in [0.15, 0.2) is 0 Å². The van der Waals surface area contributed by atoms with Crippen molar-refractivity contribution in [3.63, 3.8) is 0 Å². The summed E-state index contributed by atoms with van der Waals surface area (Å²) in [5, 5.41) is 0. The molecule has 0 bridgehead atoms. The van der Waals surface area contributed by atoms with Crippen molar-refractivity contribution >= 4 is 83.6 Å². The van der Waals surface area contributed by atoms with E-state index >= 15 is 0 Å². The van der Waals surface area contributed by atoms with Crippen LogP contribution < -0.4 is 0 Å². The van der Waals surface area contributed by atoms with Crippen LogP contribution in [0.15, 0.2) is 0 Å². The van der Waals surface area contributed by atoms with E-state index in [1.807, 2.05) is 0 Å². The van der Waals surface area contributed by atoms with E-state index < -0.39 is 0 Å². The van der Waals surface area contributed by atoms with Crippen molar-refractivity contribution in [2.45, 2.75) is 151 Å². The first-order valence-corrected chi connectivity index (χ1v) is 23.1. The summed E-state index contributed by atoms with van der Waals surface area (Å²) in [4.78, 5) is 20.5. The Balaban J connectivity index is -0.000000731. The van der Waals surface area contributed by atoms with Crippen LogP contribution in [0.3, 0.4) is 0 Å². The summed E-state index contributed by atoms with van der Waals surface area (Å²) < 4.78 is 12.4. The quantitative estimate of drug-likeness (QED) is 0.0278. The molecule has 0 aliphatic rings. The van der Waals surface area contributed by atoms with Crippen LogP contribution in [-0.2, 0) is 19.1 Å². The second-order valence-corrected chi connectivity index (χ2v) is 16.1. The molecule has 9 heteroatoms. The average Bonchev–Trinajstić information content (AvgIpc) is 3.00. The summed E-state index contributed by atoms with van der Waals surface area (Å²) >= 11 is 15.1. The van der Waals surface area contributed by atoms with Gasteiger partial charge in [0.25, 0.3) is 0 Å². The molecule has 41 heavy (non-hydrogen) atoms. The minimum atomic E-state index is -0.289. The van der Waals surface area contributed by atoms with Crippen LogP contribution >= 0.6 is 50.5 Å². The van der Waals surface area contributed by atoms with E-state index in [1.54, 1.807) is 21.7 Å². The summed E-state index contributed by atoms with van der Waals surface area (Å²) in [5.41, 5.74) is 0. The van der Waals surface area contributed by atoms with Crippen LogP contribution in [0.25, 0.3) is 0 Å². The molecule has 0 aromatic rings. The van der Waals surface area contributed by atoms with E-state index in [0.29, 0.717) is 24.7 Å². The number of hydrogen-bond acceptors (Lipinski definition) is 8. The summed E-state index contributed by atoms with van der Waals surface area (Å²) in [6.45, 7) is 5.37. The zero-order valence-electron chi connectivity index (χ0n) is 26.7. The summed E-state index contributed by atoms with van der Waals surface area (Å²) in [6.07, 6.45) is 29.8. The van der Waals surface area contributed by atoms with Gasteiger partial charge in [-0.3, -0.25) is 9.59 Å². The number of esters is 2. The predicted molar refractivity (Wildman–Crippen MR) is 196 cm³/mol. The third-order valence-electron chi connectivity index (χ3n) is 6.38. The van der Waals surface area contributed by atoms with Crippen molar-refractivity contribution in [2.75, 3.05) is 36.2 Å². The molecule has 0 atom stereocenters. The molecule has 0 aliphatic carbocycles. The van der Waals surface area contributed by atoms with Gasteiger partial charge in [-0.05, 0) is 0 Å². The zero-order chi connectivity index (χ0) is 31.1. The molecule has 0 N–H and O–H groups in total. The number of hydrogen-bond donors (Lipinski definition) is 4. The maximum absolute atomic E-state index is 10.2. The molecule has 0 aliphatic heterocycles. The topological polar surface area (TPSA) is 52.6 Å². The fourth-order valence-corrected chi connectivity index (χ4v) is 7.94. The molecule has 0 spiro atoms. The first-order chi connectivity index (χ1) is 20.0. The van der Waals surface area contributed by atoms with Gasteiger partial charge in [-0.15, -0.1) is 0 Å². The molecule has 0 saturated carbocycles. The van der Waals surface area contributed by atoms with E-state index in [-0.39, 0.29) is 44.6 Å². The fraction of sp³-hybridized carbons (Fsp3) is 0.938. The monoisotopic (exact) mass is 762 g/mol. The summed E-state index contributed by atoms with van der Waals surface area (Å²) in [6, 6.07) is 0. The molecule has 0 amide bonds. The van der Waals surface area contributed by atoms with Crippen LogP contribution in [0.2, 0.25) is 8.87 Å². The molecule has 4 nitrogen and oxygen atoms in total. The van der Waals surface area contributed by atoms with E-state index in [9.17, 15) is 9.59 Å². The van der Waals surface area contributed by atoms with Gasteiger partial charge in [-0.1, -0.05) is 0 Å². The molecular formula is C32H66O4S4Sn. The summed E-state index contributed by atoms with van der Waals surface area (Å²) in [7, 11) is 0. The third-order valence-corrected chi connectivity index (χ3v) is 11.3. The SMILES string of the molecule is CCCCCCCCCCC[CH2][Sn][CH2]CCCCCCCCCCC.O=C(CS)OCCS.O=C(CS)OCCS. The normalized spacial score (nSPS) is 10.3. The minimum Gasteiger partial charge on any atom is -0.464 e. The zero-order valence-corrected chi connectivity index (χ0v) is 33.2. The molecule has 0 unspecified atom stereocenters. The Morgan fingerprint density at radius 1 is 0.463 bits per heavy atom. The Hall–Kier alpha value is 1.14. The molecule has 0 heterocycles. The average molecular weight is 762 g/mol. The Morgan fingerprint density at radius 2 is 0.732 bits per heavy atom. The van der Waals surface area contributed by atoms with Gasteiger partial charge in [-0.25, -0.2) is 0 Å². The van der Waals surface area contributed by atoms with Crippen LogP contribution in [0.5, 0.6) is 0 Å². The van der Waals surface area contributed by atoms with Gasteiger partial charge in [0.2, 0.25) is 0 Å². The number of unbranched alkanes of at least 4 members (excludes halogenated alkanes) is 18. The minimum absolute atomic E-state index is 0.0377. The van der Waals surface area contributed by atoms with Crippen LogP contribution in [0, 0.1) is 0 Å². The third kappa shape index (κ3) is 51.0. The van der Waals surface area contributed by atoms with Crippen LogP contribution in [-0.4, -0.2) is 69.3 Å². The number of rotatable bonds is 28. The number of ether oxygens (including phenoxy) is 2. The van der Waals surface area contributed by atoms with Gasteiger partial charge in [0.1, 0.15) is 13.2 Å². The van der Waals surface area contributed by atoms with E-state index in [2.05, 4.69) is 73.8 Å². The van der Waals surface area contributed by atoms with Crippen molar-refractivity contribution < 1.29 is 19.1 Å². The molecule has 246 valence electrons. The molecule has 2 radical (unpaired) electrons.